The highest BCUT2D eigenvalue weighted by molar-refractivity contribution is 5.13. The first-order valence-electron chi connectivity index (χ1n) is 17.0. The van der Waals surface area contributed by atoms with Gasteiger partial charge in [0.15, 0.2) is 0 Å². The zero-order valence-corrected chi connectivity index (χ0v) is 25.6. The van der Waals surface area contributed by atoms with Crippen molar-refractivity contribution in [3.8, 4) is 0 Å². The summed E-state index contributed by atoms with van der Waals surface area (Å²) in [5.74, 6) is 1.53. The number of hydrogen-bond acceptors (Lipinski definition) is 0. The van der Waals surface area contributed by atoms with Crippen LogP contribution in [-0.4, -0.2) is 4.57 Å². The van der Waals surface area contributed by atoms with Crippen molar-refractivity contribution in [1.82, 2.24) is 4.57 Å². The molecule has 0 saturated carbocycles. The monoisotopic (exact) mass is 523 g/mol. The lowest BCUT2D eigenvalue weighted by molar-refractivity contribution is -0.695. The molecule has 0 bridgehead atoms. The molecule has 1 aromatic heterocycles. The van der Waals surface area contributed by atoms with Crippen molar-refractivity contribution in [3.05, 3.63) is 54.1 Å². The van der Waals surface area contributed by atoms with E-state index in [1.54, 1.807) is 0 Å². The molecular weight excluding hydrogens is 460 g/mol. The van der Waals surface area contributed by atoms with Crippen molar-refractivity contribution in [2.24, 2.45) is 0 Å². The Labute approximate surface area is 237 Å². The van der Waals surface area contributed by atoms with Gasteiger partial charge in [0.2, 0.25) is 0 Å². The summed E-state index contributed by atoms with van der Waals surface area (Å²) >= 11 is 0. The minimum Gasteiger partial charge on any atom is -0.234 e. The van der Waals surface area contributed by atoms with Crippen LogP contribution in [0.3, 0.4) is 0 Å². The summed E-state index contributed by atoms with van der Waals surface area (Å²) in [6.07, 6.45) is 37.1. The van der Waals surface area contributed by atoms with Gasteiger partial charge in [-0.3, -0.25) is 0 Å². The molecule has 0 spiro atoms. The number of benzene rings is 1. The molecule has 0 amide bonds. The standard InChI is InChI=1S/C36H63N2/c1-3-5-7-9-10-11-12-13-14-15-16-17-18-19-20-22-27-31-37-32-33-38(34-35-28-24-23-25-29-35)36(37)30-26-21-8-6-4-2/h23-25,28-29,32-33H,3-22,26-27,30-31,34H2,1-2H3/q+1. The van der Waals surface area contributed by atoms with Gasteiger partial charge in [-0.15, -0.1) is 0 Å². The number of aryl methyl sites for hydroxylation is 1. The van der Waals surface area contributed by atoms with Crippen LogP contribution in [-0.2, 0) is 19.5 Å². The fraction of sp³-hybridized carbons (Fsp3) is 0.750. The molecule has 0 saturated heterocycles. The summed E-state index contributed by atoms with van der Waals surface area (Å²) in [7, 11) is 0. The molecular formula is C36H63N2+. The van der Waals surface area contributed by atoms with E-state index in [0.717, 1.165) is 6.54 Å². The van der Waals surface area contributed by atoms with Gasteiger partial charge >= 0.3 is 0 Å². The Morgan fingerprint density at radius 3 is 1.47 bits per heavy atom. The van der Waals surface area contributed by atoms with Crippen LogP contribution < -0.4 is 4.57 Å². The molecule has 0 aliphatic heterocycles. The van der Waals surface area contributed by atoms with Crippen molar-refractivity contribution in [1.29, 1.82) is 0 Å². The van der Waals surface area contributed by atoms with Gasteiger partial charge in [0.25, 0.3) is 5.82 Å². The fourth-order valence-electron chi connectivity index (χ4n) is 5.81. The summed E-state index contributed by atoms with van der Waals surface area (Å²) in [5.41, 5.74) is 1.40. The van der Waals surface area contributed by atoms with Crippen LogP contribution in [0.2, 0.25) is 0 Å². The van der Waals surface area contributed by atoms with Gasteiger partial charge in [0.05, 0.1) is 6.54 Å². The lowest BCUT2D eigenvalue weighted by Gasteiger charge is -2.07. The second kappa shape index (κ2) is 23.3. The van der Waals surface area contributed by atoms with E-state index < -0.39 is 0 Å². The summed E-state index contributed by atoms with van der Waals surface area (Å²) in [5, 5.41) is 0. The van der Waals surface area contributed by atoms with Crippen LogP contribution >= 0.6 is 0 Å². The van der Waals surface area contributed by atoms with E-state index in [-0.39, 0.29) is 0 Å². The summed E-state index contributed by atoms with van der Waals surface area (Å²) in [6.45, 7) is 6.79. The maximum atomic E-state index is 2.56. The van der Waals surface area contributed by atoms with Crippen molar-refractivity contribution in [3.63, 3.8) is 0 Å². The Morgan fingerprint density at radius 2 is 0.974 bits per heavy atom. The molecule has 1 heterocycles. The van der Waals surface area contributed by atoms with Gasteiger partial charge in [0, 0.05) is 6.42 Å². The fourth-order valence-corrected chi connectivity index (χ4v) is 5.81. The number of rotatable bonds is 26. The molecule has 0 radical (unpaired) electrons. The molecule has 2 nitrogen and oxygen atoms in total. The Kier molecular flexibility index (Phi) is 20.0. The van der Waals surface area contributed by atoms with Gasteiger partial charge in [-0.05, 0) is 24.8 Å². The molecule has 0 fully saturated rings. The van der Waals surface area contributed by atoms with Gasteiger partial charge in [0.1, 0.15) is 18.9 Å². The predicted octanol–water partition coefficient (Wildman–Crippen LogP) is 11.0. The number of imidazole rings is 1. The molecule has 216 valence electrons. The van der Waals surface area contributed by atoms with E-state index >= 15 is 0 Å². The van der Waals surface area contributed by atoms with Gasteiger partial charge in [-0.25, -0.2) is 9.13 Å². The molecule has 2 heteroatoms. The Balaban J connectivity index is 1.54. The SMILES string of the molecule is CCCCCCCCCCCCCCCCCCCn1cc[n+](Cc2ccccc2)c1CCCCCCC. The Hall–Kier alpha value is -1.57. The molecule has 38 heavy (non-hydrogen) atoms. The van der Waals surface area contributed by atoms with E-state index in [9.17, 15) is 0 Å². The first-order chi connectivity index (χ1) is 18.8. The van der Waals surface area contributed by atoms with Crippen LogP contribution in [0.5, 0.6) is 0 Å². The van der Waals surface area contributed by atoms with Crippen LogP contribution in [0.4, 0.5) is 0 Å². The van der Waals surface area contributed by atoms with Crippen LogP contribution in [0.25, 0.3) is 0 Å². The number of hydrogen-bond donors (Lipinski definition) is 0. The maximum absolute atomic E-state index is 2.56. The van der Waals surface area contributed by atoms with Crippen molar-refractivity contribution in [2.45, 2.75) is 175 Å². The molecule has 2 rings (SSSR count). The minimum absolute atomic E-state index is 0.997. The molecule has 0 atom stereocenters. The zero-order chi connectivity index (χ0) is 26.9. The highest BCUT2D eigenvalue weighted by atomic mass is 15.1. The second-order valence-corrected chi connectivity index (χ2v) is 11.8. The highest BCUT2D eigenvalue weighted by Gasteiger charge is 2.17. The lowest BCUT2D eigenvalue weighted by Crippen LogP contribution is -2.37. The Bertz CT molecular complexity index is 763. The van der Waals surface area contributed by atoms with E-state index in [4.69, 9.17) is 0 Å². The average Bonchev–Trinajstić information content (AvgIpc) is 3.31. The van der Waals surface area contributed by atoms with Crippen molar-refractivity contribution >= 4 is 0 Å². The van der Waals surface area contributed by atoms with E-state index in [1.165, 1.54) is 166 Å². The van der Waals surface area contributed by atoms with Crippen molar-refractivity contribution in [2.75, 3.05) is 0 Å². The summed E-state index contributed by atoms with van der Waals surface area (Å²) in [6, 6.07) is 11.0. The summed E-state index contributed by atoms with van der Waals surface area (Å²) in [4.78, 5) is 0. The first-order valence-corrected chi connectivity index (χ1v) is 17.0. The van der Waals surface area contributed by atoms with Gasteiger partial charge in [-0.2, -0.15) is 0 Å². The van der Waals surface area contributed by atoms with E-state index in [1.807, 2.05) is 0 Å². The third-order valence-corrected chi connectivity index (χ3v) is 8.29. The van der Waals surface area contributed by atoms with E-state index in [0.29, 0.717) is 0 Å². The first kappa shape index (κ1) is 32.6. The number of aromatic nitrogens is 2. The number of unbranched alkanes of at least 4 members (excludes halogenated alkanes) is 20. The predicted molar refractivity (Wildman–Crippen MR) is 167 cm³/mol. The van der Waals surface area contributed by atoms with Crippen LogP contribution in [0.15, 0.2) is 42.7 Å². The molecule has 0 unspecified atom stereocenters. The third-order valence-electron chi connectivity index (χ3n) is 8.29. The quantitative estimate of drug-likeness (QED) is 0.0856. The molecule has 0 N–H and O–H groups in total. The normalized spacial score (nSPS) is 11.4. The number of nitrogens with zero attached hydrogens (tertiary/aromatic N) is 2. The highest BCUT2D eigenvalue weighted by Crippen LogP contribution is 2.15. The van der Waals surface area contributed by atoms with Crippen LogP contribution in [0, 0.1) is 0 Å². The average molecular weight is 524 g/mol. The molecule has 0 aliphatic rings. The molecule has 0 aliphatic carbocycles. The third kappa shape index (κ3) is 15.7. The topological polar surface area (TPSA) is 8.81 Å². The summed E-state index contributed by atoms with van der Waals surface area (Å²) < 4.78 is 5.07. The Morgan fingerprint density at radius 1 is 0.526 bits per heavy atom. The van der Waals surface area contributed by atoms with E-state index in [2.05, 4.69) is 65.7 Å². The smallest absolute Gasteiger partial charge is 0.234 e. The largest absolute Gasteiger partial charge is 0.256 e. The lowest BCUT2D eigenvalue weighted by atomic mass is 10.0. The van der Waals surface area contributed by atoms with Crippen LogP contribution in [0.1, 0.15) is 166 Å². The zero-order valence-electron chi connectivity index (χ0n) is 25.6. The maximum Gasteiger partial charge on any atom is 0.256 e. The van der Waals surface area contributed by atoms with Crippen molar-refractivity contribution < 1.29 is 4.57 Å². The van der Waals surface area contributed by atoms with Gasteiger partial charge < -0.3 is 0 Å². The second-order valence-electron chi connectivity index (χ2n) is 11.8. The molecule has 1 aromatic carbocycles. The van der Waals surface area contributed by atoms with Gasteiger partial charge in [-0.1, -0.05) is 166 Å². The molecule has 2 aromatic rings. The minimum atomic E-state index is 0.997.